The third kappa shape index (κ3) is 3.40. The predicted molar refractivity (Wildman–Crippen MR) is 53.5 cm³/mol. The van der Waals surface area contributed by atoms with Gasteiger partial charge in [0.15, 0.2) is 0 Å². The van der Waals surface area contributed by atoms with Gasteiger partial charge < -0.3 is 4.74 Å². The van der Waals surface area contributed by atoms with E-state index >= 15 is 0 Å². The van der Waals surface area contributed by atoms with E-state index in [9.17, 15) is 0 Å². The highest BCUT2D eigenvalue weighted by Gasteiger charge is 2.08. The van der Waals surface area contributed by atoms with Crippen LogP contribution in [0.25, 0.3) is 0 Å². The SMILES string of the molecule is COCC(Cc1csc(C)n1)NN. The first kappa shape index (κ1) is 10.6. The number of aryl methyl sites for hydroxylation is 1. The number of methoxy groups -OCH3 is 1. The summed E-state index contributed by atoms with van der Waals surface area (Å²) in [5.41, 5.74) is 3.77. The molecular formula is C8H15N3OS. The van der Waals surface area contributed by atoms with Crippen LogP contribution < -0.4 is 11.3 Å². The van der Waals surface area contributed by atoms with Crippen LogP contribution in [0.4, 0.5) is 0 Å². The second-order valence-electron chi connectivity index (χ2n) is 2.88. The molecular weight excluding hydrogens is 186 g/mol. The molecule has 0 amide bonds. The van der Waals surface area contributed by atoms with Crippen LogP contribution in [0.15, 0.2) is 5.38 Å². The first-order valence-corrected chi connectivity index (χ1v) is 5.00. The van der Waals surface area contributed by atoms with Crippen molar-refractivity contribution in [2.45, 2.75) is 19.4 Å². The van der Waals surface area contributed by atoms with Crippen LogP contribution in [0, 0.1) is 6.92 Å². The largest absolute Gasteiger partial charge is 0.383 e. The maximum atomic E-state index is 5.36. The molecule has 3 N–H and O–H groups in total. The van der Waals surface area contributed by atoms with Crippen LogP contribution in [0.2, 0.25) is 0 Å². The summed E-state index contributed by atoms with van der Waals surface area (Å²) >= 11 is 1.65. The Labute approximate surface area is 82.1 Å². The number of hydrogen-bond donors (Lipinski definition) is 2. The van der Waals surface area contributed by atoms with E-state index in [0.29, 0.717) is 6.61 Å². The topological polar surface area (TPSA) is 60.2 Å². The van der Waals surface area contributed by atoms with Gasteiger partial charge in [0.2, 0.25) is 0 Å². The van der Waals surface area contributed by atoms with E-state index in [2.05, 4.69) is 15.8 Å². The number of hydrogen-bond acceptors (Lipinski definition) is 5. The lowest BCUT2D eigenvalue weighted by Crippen LogP contribution is -2.40. The lowest BCUT2D eigenvalue weighted by Gasteiger charge is -2.12. The molecule has 0 aliphatic carbocycles. The van der Waals surface area contributed by atoms with Crippen molar-refractivity contribution in [3.8, 4) is 0 Å². The van der Waals surface area contributed by atoms with E-state index in [4.69, 9.17) is 10.6 Å². The minimum atomic E-state index is 0.145. The van der Waals surface area contributed by atoms with Crippen LogP contribution >= 0.6 is 11.3 Å². The fourth-order valence-electron chi connectivity index (χ4n) is 1.12. The van der Waals surface area contributed by atoms with Gasteiger partial charge in [0.1, 0.15) is 0 Å². The second-order valence-corrected chi connectivity index (χ2v) is 3.94. The Kier molecular flexibility index (Phi) is 4.31. The van der Waals surface area contributed by atoms with Crippen molar-refractivity contribution in [1.82, 2.24) is 10.4 Å². The standard InChI is InChI=1S/C8H15N3OS/c1-6-10-8(5-13-6)3-7(11-9)4-12-2/h5,7,11H,3-4,9H2,1-2H3. The Morgan fingerprint density at radius 1 is 1.77 bits per heavy atom. The molecule has 13 heavy (non-hydrogen) atoms. The average molecular weight is 201 g/mol. The van der Waals surface area contributed by atoms with Crippen LogP contribution in [-0.2, 0) is 11.2 Å². The Morgan fingerprint density at radius 3 is 3.00 bits per heavy atom. The molecule has 1 aromatic rings. The van der Waals surface area contributed by atoms with Crippen LogP contribution in [0.5, 0.6) is 0 Å². The van der Waals surface area contributed by atoms with E-state index in [-0.39, 0.29) is 6.04 Å². The fraction of sp³-hybridized carbons (Fsp3) is 0.625. The normalized spacial score (nSPS) is 13.2. The lowest BCUT2D eigenvalue weighted by atomic mass is 10.2. The Balaban J connectivity index is 2.46. The first-order chi connectivity index (χ1) is 6.26. The number of aromatic nitrogens is 1. The summed E-state index contributed by atoms with van der Waals surface area (Å²) in [6.45, 7) is 2.60. The highest BCUT2D eigenvalue weighted by molar-refractivity contribution is 7.09. The first-order valence-electron chi connectivity index (χ1n) is 4.12. The third-order valence-corrected chi connectivity index (χ3v) is 2.55. The molecule has 0 saturated carbocycles. The van der Waals surface area contributed by atoms with E-state index < -0.39 is 0 Å². The van der Waals surface area contributed by atoms with Gasteiger partial charge in [-0.25, -0.2) is 4.98 Å². The number of hydrazine groups is 1. The van der Waals surface area contributed by atoms with Gasteiger partial charge in [0.05, 0.1) is 17.3 Å². The lowest BCUT2D eigenvalue weighted by molar-refractivity contribution is 0.166. The maximum absolute atomic E-state index is 5.36. The molecule has 0 spiro atoms. The molecule has 1 atom stereocenters. The van der Waals surface area contributed by atoms with Gasteiger partial charge in [-0.15, -0.1) is 11.3 Å². The van der Waals surface area contributed by atoms with Gasteiger partial charge >= 0.3 is 0 Å². The minimum Gasteiger partial charge on any atom is -0.383 e. The summed E-state index contributed by atoms with van der Waals surface area (Å²) in [6.07, 6.45) is 0.814. The van der Waals surface area contributed by atoms with Crippen molar-refractivity contribution in [3.05, 3.63) is 16.1 Å². The van der Waals surface area contributed by atoms with Crippen molar-refractivity contribution in [2.24, 2.45) is 5.84 Å². The smallest absolute Gasteiger partial charge is 0.0897 e. The maximum Gasteiger partial charge on any atom is 0.0897 e. The van der Waals surface area contributed by atoms with Crippen molar-refractivity contribution in [2.75, 3.05) is 13.7 Å². The van der Waals surface area contributed by atoms with Crippen LogP contribution in [0.1, 0.15) is 10.7 Å². The summed E-state index contributed by atoms with van der Waals surface area (Å²) in [4.78, 5) is 4.35. The highest BCUT2D eigenvalue weighted by atomic mass is 32.1. The zero-order valence-electron chi connectivity index (χ0n) is 7.91. The molecule has 1 heterocycles. The van der Waals surface area contributed by atoms with Crippen molar-refractivity contribution < 1.29 is 4.74 Å². The molecule has 74 valence electrons. The fourth-order valence-corrected chi connectivity index (χ4v) is 1.75. The predicted octanol–water partition coefficient (Wildman–Crippen LogP) is 0.472. The molecule has 0 aliphatic heterocycles. The van der Waals surface area contributed by atoms with E-state index in [1.54, 1.807) is 18.4 Å². The molecule has 0 radical (unpaired) electrons. The Morgan fingerprint density at radius 2 is 2.54 bits per heavy atom. The Bertz CT molecular complexity index is 251. The van der Waals surface area contributed by atoms with Crippen LogP contribution in [0.3, 0.4) is 0 Å². The van der Waals surface area contributed by atoms with Gasteiger partial charge in [-0.2, -0.15) is 0 Å². The summed E-state index contributed by atoms with van der Waals surface area (Å²) in [7, 11) is 1.66. The zero-order valence-corrected chi connectivity index (χ0v) is 8.73. The van der Waals surface area contributed by atoms with Crippen LogP contribution in [-0.4, -0.2) is 24.7 Å². The van der Waals surface area contributed by atoms with E-state index in [0.717, 1.165) is 17.1 Å². The van der Waals surface area contributed by atoms with Gasteiger partial charge in [-0.3, -0.25) is 11.3 Å². The molecule has 5 heteroatoms. The van der Waals surface area contributed by atoms with Gasteiger partial charge in [0, 0.05) is 25.0 Å². The molecule has 1 aromatic heterocycles. The molecule has 4 nitrogen and oxygen atoms in total. The molecule has 0 aromatic carbocycles. The average Bonchev–Trinajstić information content (AvgIpc) is 2.50. The number of rotatable bonds is 5. The minimum absolute atomic E-state index is 0.145. The molecule has 1 unspecified atom stereocenters. The van der Waals surface area contributed by atoms with Crippen molar-refractivity contribution in [1.29, 1.82) is 0 Å². The van der Waals surface area contributed by atoms with Gasteiger partial charge in [0.25, 0.3) is 0 Å². The molecule has 1 rings (SSSR count). The summed E-state index contributed by atoms with van der Waals surface area (Å²) < 4.78 is 5.01. The van der Waals surface area contributed by atoms with E-state index in [1.165, 1.54) is 0 Å². The highest BCUT2D eigenvalue weighted by Crippen LogP contribution is 2.09. The second kappa shape index (κ2) is 5.29. The molecule has 0 bridgehead atoms. The number of thiazole rings is 1. The monoisotopic (exact) mass is 201 g/mol. The molecule has 0 aliphatic rings. The van der Waals surface area contributed by atoms with Crippen molar-refractivity contribution >= 4 is 11.3 Å². The van der Waals surface area contributed by atoms with Gasteiger partial charge in [-0.05, 0) is 6.92 Å². The number of nitrogens with one attached hydrogen (secondary N) is 1. The number of nitrogens with two attached hydrogens (primary N) is 1. The summed E-state index contributed by atoms with van der Waals surface area (Å²) in [5, 5.41) is 3.14. The van der Waals surface area contributed by atoms with Crippen molar-refractivity contribution in [3.63, 3.8) is 0 Å². The summed E-state index contributed by atoms with van der Waals surface area (Å²) in [6, 6.07) is 0.145. The molecule has 0 fully saturated rings. The third-order valence-electron chi connectivity index (χ3n) is 1.73. The van der Waals surface area contributed by atoms with Gasteiger partial charge in [-0.1, -0.05) is 0 Å². The van der Waals surface area contributed by atoms with E-state index in [1.807, 2.05) is 6.92 Å². The quantitative estimate of drug-likeness (QED) is 0.537. The summed E-state index contributed by atoms with van der Waals surface area (Å²) in [5.74, 6) is 5.36. The Hall–Kier alpha value is -0.490. The number of nitrogens with zero attached hydrogens (tertiary/aromatic N) is 1. The zero-order chi connectivity index (χ0) is 9.68. The molecule has 0 saturated heterocycles. The number of ether oxygens (including phenoxy) is 1.